The van der Waals surface area contributed by atoms with Crippen LogP contribution in [0.2, 0.25) is 0 Å². The zero-order valence-corrected chi connectivity index (χ0v) is 14.7. The molecule has 126 valence electrons. The molecular formula is C22H27NO. The molecule has 0 N–H and O–H groups in total. The first kappa shape index (κ1) is 16.8. The first-order chi connectivity index (χ1) is 11.6. The standard InChI is InChI=1S/C22H27NO/c1-17-13-18(2)16-23(15-17)22(24)14-21(19-9-5-3-6-10-19)20-11-7-4-8-12-20/h3-12,17-18,21H,13-16H2,1-2H3/t17-,18-/m1/s1. The van der Waals surface area contributed by atoms with Crippen molar-refractivity contribution in [1.29, 1.82) is 0 Å². The Balaban J connectivity index is 1.81. The Morgan fingerprint density at radius 3 is 1.83 bits per heavy atom. The van der Waals surface area contributed by atoms with Crippen LogP contribution in [0.15, 0.2) is 60.7 Å². The largest absolute Gasteiger partial charge is 0.342 e. The van der Waals surface area contributed by atoms with E-state index in [1.165, 1.54) is 17.5 Å². The van der Waals surface area contributed by atoms with Gasteiger partial charge in [0, 0.05) is 25.4 Å². The number of hydrogen-bond acceptors (Lipinski definition) is 1. The van der Waals surface area contributed by atoms with Crippen molar-refractivity contribution >= 4 is 5.91 Å². The predicted molar refractivity (Wildman–Crippen MR) is 98.9 cm³/mol. The summed E-state index contributed by atoms with van der Waals surface area (Å²) in [4.78, 5) is 15.1. The summed E-state index contributed by atoms with van der Waals surface area (Å²) in [5, 5.41) is 0. The number of hydrogen-bond donors (Lipinski definition) is 0. The first-order valence-corrected chi connectivity index (χ1v) is 9.01. The molecule has 0 aliphatic carbocycles. The molecule has 0 bridgehead atoms. The highest BCUT2D eigenvalue weighted by molar-refractivity contribution is 5.78. The van der Waals surface area contributed by atoms with E-state index in [4.69, 9.17) is 0 Å². The van der Waals surface area contributed by atoms with E-state index < -0.39 is 0 Å². The van der Waals surface area contributed by atoms with Crippen LogP contribution >= 0.6 is 0 Å². The lowest BCUT2D eigenvalue weighted by Gasteiger charge is -2.36. The molecule has 2 atom stereocenters. The predicted octanol–water partition coefficient (Wildman–Crippen LogP) is 4.71. The lowest BCUT2D eigenvalue weighted by atomic mass is 9.87. The second-order valence-corrected chi connectivity index (χ2v) is 7.32. The molecule has 2 heteroatoms. The number of carbonyl (C=O) groups is 1. The Morgan fingerprint density at radius 2 is 1.38 bits per heavy atom. The third-order valence-corrected chi connectivity index (χ3v) is 5.00. The number of benzene rings is 2. The van der Waals surface area contributed by atoms with Gasteiger partial charge in [-0.1, -0.05) is 74.5 Å². The molecule has 1 aliphatic rings. The van der Waals surface area contributed by atoms with Crippen LogP contribution in [-0.4, -0.2) is 23.9 Å². The van der Waals surface area contributed by atoms with E-state index in [2.05, 4.69) is 67.3 Å². The Bertz CT molecular complexity index is 603. The fourth-order valence-electron chi connectivity index (χ4n) is 3.97. The Morgan fingerprint density at radius 1 is 0.917 bits per heavy atom. The molecule has 1 heterocycles. The average molecular weight is 321 g/mol. The lowest BCUT2D eigenvalue weighted by Crippen LogP contribution is -2.43. The first-order valence-electron chi connectivity index (χ1n) is 9.01. The maximum atomic E-state index is 13.0. The van der Waals surface area contributed by atoms with Crippen molar-refractivity contribution in [3.05, 3.63) is 71.8 Å². The van der Waals surface area contributed by atoms with Crippen molar-refractivity contribution in [3.63, 3.8) is 0 Å². The third kappa shape index (κ3) is 4.05. The maximum Gasteiger partial charge on any atom is 0.223 e. The van der Waals surface area contributed by atoms with Gasteiger partial charge in [-0.05, 0) is 29.4 Å². The maximum absolute atomic E-state index is 13.0. The molecule has 1 amide bonds. The van der Waals surface area contributed by atoms with Gasteiger partial charge >= 0.3 is 0 Å². The normalized spacial score (nSPS) is 21.0. The topological polar surface area (TPSA) is 20.3 Å². The van der Waals surface area contributed by atoms with E-state index in [9.17, 15) is 4.79 Å². The number of carbonyl (C=O) groups excluding carboxylic acids is 1. The summed E-state index contributed by atoms with van der Waals surface area (Å²) in [6.07, 6.45) is 1.78. The Kier molecular flexibility index (Phi) is 5.34. The molecule has 1 fully saturated rings. The highest BCUT2D eigenvalue weighted by Crippen LogP contribution is 2.30. The van der Waals surface area contributed by atoms with E-state index >= 15 is 0 Å². The van der Waals surface area contributed by atoms with Crippen molar-refractivity contribution in [2.24, 2.45) is 11.8 Å². The highest BCUT2D eigenvalue weighted by Gasteiger charge is 2.27. The molecule has 2 aromatic rings. The van der Waals surface area contributed by atoms with E-state index in [-0.39, 0.29) is 11.8 Å². The van der Waals surface area contributed by atoms with E-state index in [0.29, 0.717) is 18.3 Å². The fraction of sp³-hybridized carbons (Fsp3) is 0.409. The number of amides is 1. The van der Waals surface area contributed by atoms with Gasteiger partial charge in [-0.25, -0.2) is 0 Å². The molecule has 0 saturated carbocycles. The molecule has 0 radical (unpaired) electrons. The van der Waals surface area contributed by atoms with E-state index in [1.807, 2.05) is 12.1 Å². The molecule has 1 aliphatic heterocycles. The summed E-state index contributed by atoms with van der Waals surface area (Å²) in [7, 11) is 0. The van der Waals surface area contributed by atoms with Gasteiger partial charge in [-0.3, -0.25) is 4.79 Å². The molecule has 24 heavy (non-hydrogen) atoms. The molecule has 2 nitrogen and oxygen atoms in total. The fourth-order valence-corrected chi connectivity index (χ4v) is 3.97. The van der Waals surface area contributed by atoms with Crippen molar-refractivity contribution in [2.75, 3.05) is 13.1 Å². The molecule has 1 saturated heterocycles. The smallest absolute Gasteiger partial charge is 0.223 e. The van der Waals surface area contributed by atoms with Gasteiger partial charge in [-0.2, -0.15) is 0 Å². The molecule has 0 unspecified atom stereocenters. The summed E-state index contributed by atoms with van der Waals surface area (Å²) in [6.45, 7) is 6.31. The summed E-state index contributed by atoms with van der Waals surface area (Å²) in [5.41, 5.74) is 2.44. The second-order valence-electron chi connectivity index (χ2n) is 7.32. The Labute approximate surface area is 145 Å². The van der Waals surface area contributed by atoms with Crippen LogP contribution in [0.4, 0.5) is 0 Å². The van der Waals surface area contributed by atoms with Crippen molar-refractivity contribution in [2.45, 2.75) is 32.6 Å². The Hall–Kier alpha value is -2.09. The molecule has 2 aromatic carbocycles. The zero-order chi connectivity index (χ0) is 16.9. The minimum Gasteiger partial charge on any atom is -0.342 e. The molecule has 3 rings (SSSR count). The monoisotopic (exact) mass is 321 g/mol. The molecular weight excluding hydrogens is 294 g/mol. The van der Waals surface area contributed by atoms with Crippen LogP contribution in [0.1, 0.15) is 43.7 Å². The summed E-state index contributed by atoms with van der Waals surface area (Å²) >= 11 is 0. The van der Waals surface area contributed by atoms with Gasteiger partial charge in [0.15, 0.2) is 0 Å². The van der Waals surface area contributed by atoms with Gasteiger partial charge in [0.25, 0.3) is 0 Å². The SMILES string of the molecule is C[C@@H]1C[C@@H](C)CN(C(=O)CC(c2ccccc2)c2ccccc2)C1. The van der Waals surface area contributed by atoms with Gasteiger partial charge in [-0.15, -0.1) is 0 Å². The van der Waals surface area contributed by atoms with Crippen molar-refractivity contribution in [3.8, 4) is 0 Å². The average Bonchev–Trinajstić information content (AvgIpc) is 2.60. The van der Waals surface area contributed by atoms with E-state index in [0.717, 1.165) is 13.1 Å². The minimum absolute atomic E-state index is 0.132. The third-order valence-electron chi connectivity index (χ3n) is 5.00. The van der Waals surface area contributed by atoms with Gasteiger partial charge in [0.1, 0.15) is 0 Å². The van der Waals surface area contributed by atoms with Crippen molar-refractivity contribution < 1.29 is 4.79 Å². The summed E-state index contributed by atoms with van der Waals surface area (Å²) in [6, 6.07) is 20.8. The quantitative estimate of drug-likeness (QED) is 0.798. The van der Waals surface area contributed by atoms with Gasteiger partial charge in [0.05, 0.1) is 0 Å². The van der Waals surface area contributed by atoms with Gasteiger partial charge in [0.2, 0.25) is 5.91 Å². The molecule has 0 aromatic heterocycles. The summed E-state index contributed by atoms with van der Waals surface area (Å²) < 4.78 is 0. The van der Waals surface area contributed by atoms with Gasteiger partial charge < -0.3 is 4.90 Å². The van der Waals surface area contributed by atoms with Crippen LogP contribution in [0.25, 0.3) is 0 Å². The van der Waals surface area contributed by atoms with Crippen LogP contribution in [0.5, 0.6) is 0 Å². The van der Waals surface area contributed by atoms with E-state index in [1.54, 1.807) is 0 Å². The number of piperidine rings is 1. The zero-order valence-electron chi connectivity index (χ0n) is 14.7. The van der Waals surface area contributed by atoms with Crippen LogP contribution in [0, 0.1) is 11.8 Å². The second kappa shape index (κ2) is 7.65. The number of rotatable bonds is 4. The summed E-state index contributed by atoms with van der Waals surface area (Å²) in [5.74, 6) is 1.62. The molecule has 0 spiro atoms. The van der Waals surface area contributed by atoms with Crippen molar-refractivity contribution in [1.82, 2.24) is 4.90 Å². The minimum atomic E-state index is 0.132. The van der Waals surface area contributed by atoms with Crippen LogP contribution < -0.4 is 0 Å². The number of nitrogens with zero attached hydrogens (tertiary/aromatic N) is 1. The van der Waals surface area contributed by atoms with Crippen LogP contribution in [0.3, 0.4) is 0 Å². The highest BCUT2D eigenvalue weighted by atomic mass is 16.2. The number of likely N-dealkylation sites (tertiary alicyclic amines) is 1. The lowest BCUT2D eigenvalue weighted by molar-refractivity contribution is -0.134. The van der Waals surface area contributed by atoms with Crippen LogP contribution in [-0.2, 0) is 4.79 Å².